The lowest BCUT2D eigenvalue weighted by molar-refractivity contribution is -0.137. The summed E-state index contributed by atoms with van der Waals surface area (Å²) in [6, 6.07) is 18.9. The van der Waals surface area contributed by atoms with Gasteiger partial charge in [-0.25, -0.2) is 0 Å². The van der Waals surface area contributed by atoms with E-state index in [9.17, 15) is 18.0 Å². The molecule has 1 heterocycles. The molecule has 4 rings (SSSR count). The molecule has 0 saturated carbocycles. The van der Waals surface area contributed by atoms with Gasteiger partial charge in [0.2, 0.25) is 5.91 Å². The molecule has 36 heavy (non-hydrogen) atoms. The number of carbonyl (C=O) groups is 1. The van der Waals surface area contributed by atoms with Crippen LogP contribution in [0.3, 0.4) is 0 Å². The normalized spacial score (nSPS) is 11.4. The van der Waals surface area contributed by atoms with Crippen molar-refractivity contribution >= 4 is 35.0 Å². The average Bonchev–Trinajstić information content (AvgIpc) is 3.27. The molecule has 0 atom stereocenters. The van der Waals surface area contributed by atoms with Crippen LogP contribution < -0.4 is 10.1 Å². The number of nitrogens with zero attached hydrogens (tertiary/aromatic N) is 3. The van der Waals surface area contributed by atoms with E-state index < -0.39 is 17.6 Å². The first-order chi connectivity index (χ1) is 17.3. The number of nitrogens with one attached hydrogen (secondary N) is 1. The third kappa shape index (κ3) is 6.00. The highest BCUT2D eigenvalue weighted by Gasteiger charge is 2.30. The zero-order valence-electron chi connectivity index (χ0n) is 18.9. The van der Waals surface area contributed by atoms with Crippen molar-refractivity contribution in [2.24, 2.45) is 0 Å². The number of alkyl halides is 3. The van der Waals surface area contributed by atoms with Gasteiger partial charge < -0.3 is 10.1 Å². The molecule has 3 aromatic carbocycles. The zero-order valence-corrected chi connectivity index (χ0v) is 20.5. The summed E-state index contributed by atoms with van der Waals surface area (Å²) in [7, 11) is 0. The molecule has 186 valence electrons. The monoisotopic (exact) mass is 532 g/mol. The highest BCUT2D eigenvalue weighted by molar-refractivity contribution is 7.99. The van der Waals surface area contributed by atoms with Crippen LogP contribution >= 0.6 is 23.4 Å². The predicted molar refractivity (Wildman–Crippen MR) is 134 cm³/mol. The van der Waals surface area contributed by atoms with E-state index in [1.165, 1.54) is 12.1 Å². The van der Waals surface area contributed by atoms with E-state index in [1.807, 2.05) is 43.3 Å². The van der Waals surface area contributed by atoms with Crippen LogP contribution in [0.15, 0.2) is 78.0 Å². The molecule has 0 bridgehead atoms. The second kappa shape index (κ2) is 11.0. The number of anilines is 1. The lowest BCUT2D eigenvalue weighted by Gasteiger charge is -2.12. The summed E-state index contributed by atoms with van der Waals surface area (Å²) >= 11 is 7.50. The van der Waals surface area contributed by atoms with Crippen LogP contribution in [-0.4, -0.2) is 33.0 Å². The second-order valence-corrected chi connectivity index (χ2v) is 8.81. The van der Waals surface area contributed by atoms with Crippen molar-refractivity contribution in [2.75, 3.05) is 17.7 Å². The van der Waals surface area contributed by atoms with Crippen molar-refractivity contribution in [1.29, 1.82) is 0 Å². The maximum atomic E-state index is 13.0. The second-order valence-electron chi connectivity index (χ2n) is 7.46. The van der Waals surface area contributed by atoms with Gasteiger partial charge in [-0.05, 0) is 61.5 Å². The van der Waals surface area contributed by atoms with Crippen molar-refractivity contribution in [3.05, 3.63) is 83.4 Å². The van der Waals surface area contributed by atoms with Crippen LogP contribution in [-0.2, 0) is 11.0 Å². The third-order valence-corrected chi connectivity index (χ3v) is 6.22. The SMILES string of the molecule is CCOc1ccc(-n2c(SCC(=O)Nc3cccc(C(F)(F)F)c3)nnc2-c2ccccc2Cl)cc1. The number of carbonyl (C=O) groups excluding carboxylic acids is 1. The highest BCUT2D eigenvalue weighted by atomic mass is 35.5. The Labute approximate surface area is 214 Å². The van der Waals surface area contributed by atoms with Crippen LogP contribution in [0.25, 0.3) is 17.1 Å². The van der Waals surface area contributed by atoms with E-state index in [1.54, 1.807) is 16.7 Å². The Morgan fingerprint density at radius 3 is 2.50 bits per heavy atom. The van der Waals surface area contributed by atoms with Crippen molar-refractivity contribution in [2.45, 2.75) is 18.3 Å². The summed E-state index contributed by atoms with van der Waals surface area (Å²) in [5.41, 5.74) is 0.590. The minimum Gasteiger partial charge on any atom is -0.494 e. The molecule has 1 N–H and O–H groups in total. The molecule has 0 aliphatic rings. The summed E-state index contributed by atoms with van der Waals surface area (Å²) in [5, 5.41) is 11.9. The quantitative estimate of drug-likeness (QED) is 0.255. The summed E-state index contributed by atoms with van der Waals surface area (Å²) in [4.78, 5) is 12.5. The molecule has 1 aromatic heterocycles. The minimum absolute atomic E-state index is 0.0557. The predicted octanol–water partition coefficient (Wildman–Crippen LogP) is 6.74. The number of halogens is 4. The van der Waals surface area contributed by atoms with Crippen molar-refractivity contribution in [3.63, 3.8) is 0 Å². The number of amides is 1. The van der Waals surface area contributed by atoms with Gasteiger partial charge in [-0.2, -0.15) is 13.2 Å². The van der Waals surface area contributed by atoms with E-state index >= 15 is 0 Å². The Morgan fingerprint density at radius 2 is 1.81 bits per heavy atom. The minimum atomic E-state index is -4.50. The maximum Gasteiger partial charge on any atom is 0.416 e. The summed E-state index contributed by atoms with van der Waals surface area (Å²) in [5.74, 6) is 0.585. The van der Waals surface area contributed by atoms with Crippen LogP contribution in [0.4, 0.5) is 18.9 Å². The molecule has 0 fully saturated rings. The summed E-state index contributed by atoms with van der Waals surface area (Å²) in [6.45, 7) is 2.42. The zero-order chi connectivity index (χ0) is 25.7. The first-order valence-electron chi connectivity index (χ1n) is 10.8. The molecule has 0 spiro atoms. The number of hydrogen-bond acceptors (Lipinski definition) is 5. The number of hydrogen-bond donors (Lipinski definition) is 1. The van der Waals surface area contributed by atoms with Gasteiger partial charge in [0.25, 0.3) is 0 Å². The molecule has 1 amide bonds. The Kier molecular flexibility index (Phi) is 7.85. The van der Waals surface area contributed by atoms with Crippen molar-refractivity contribution in [3.8, 4) is 22.8 Å². The smallest absolute Gasteiger partial charge is 0.416 e. The Bertz CT molecular complexity index is 1360. The summed E-state index contributed by atoms with van der Waals surface area (Å²) in [6.07, 6.45) is -4.50. The van der Waals surface area contributed by atoms with Gasteiger partial charge in [0.15, 0.2) is 11.0 Å². The molecule has 0 aliphatic heterocycles. The van der Waals surface area contributed by atoms with Crippen LogP contribution in [0.5, 0.6) is 5.75 Å². The van der Waals surface area contributed by atoms with Crippen molar-refractivity contribution in [1.82, 2.24) is 14.8 Å². The Morgan fingerprint density at radius 1 is 1.06 bits per heavy atom. The number of rotatable bonds is 8. The van der Waals surface area contributed by atoms with Gasteiger partial charge in [0.1, 0.15) is 5.75 Å². The van der Waals surface area contributed by atoms with Gasteiger partial charge in [0.05, 0.1) is 22.9 Å². The fourth-order valence-corrected chi connectivity index (χ4v) is 4.34. The molecule has 0 saturated heterocycles. The highest BCUT2D eigenvalue weighted by Crippen LogP contribution is 2.33. The number of thioether (sulfide) groups is 1. The van der Waals surface area contributed by atoms with Crippen LogP contribution in [0, 0.1) is 0 Å². The van der Waals surface area contributed by atoms with Gasteiger partial charge >= 0.3 is 6.18 Å². The number of ether oxygens (including phenoxy) is 1. The van der Waals surface area contributed by atoms with Crippen LogP contribution in [0.2, 0.25) is 5.02 Å². The molecule has 0 radical (unpaired) electrons. The summed E-state index contributed by atoms with van der Waals surface area (Å²) < 4.78 is 46.2. The lowest BCUT2D eigenvalue weighted by Crippen LogP contribution is -2.15. The van der Waals surface area contributed by atoms with Gasteiger partial charge in [0, 0.05) is 16.9 Å². The average molecular weight is 533 g/mol. The van der Waals surface area contributed by atoms with E-state index in [0.29, 0.717) is 33.9 Å². The maximum absolute atomic E-state index is 13.0. The van der Waals surface area contributed by atoms with Gasteiger partial charge in [-0.3, -0.25) is 9.36 Å². The van der Waals surface area contributed by atoms with Crippen molar-refractivity contribution < 1.29 is 22.7 Å². The fraction of sp³-hybridized carbons (Fsp3) is 0.160. The van der Waals surface area contributed by atoms with E-state index in [4.69, 9.17) is 16.3 Å². The lowest BCUT2D eigenvalue weighted by atomic mass is 10.2. The molecule has 0 aliphatic carbocycles. The number of benzene rings is 3. The van der Waals surface area contributed by atoms with E-state index in [2.05, 4.69) is 15.5 Å². The third-order valence-electron chi connectivity index (χ3n) is 4.96. The van der Waals surface area contributed by atoms with Crippen LogP contribution in [0.1, 0.15) is 12.5 Å². The first kappa shape index (κ1) is 25.6. The largest absolute Gasteiger partial charge is 0.494 e. The topological polar surface area (TPSA) is 69.0 Å². The molecular formula is C25H20ClF3N4O2S. The number of aromatic nitrogens is 3. The molecular weight excluding hydrogens is 513 g/mol. The Balaban J connectivity index is 1.59. The van der Waals surface area contributed by atoms with E-state index in [-0.39, 0.29) is 11.4 Å². The molecule has 6 nitrogen and oxygen atoms in total. The molecule has 4 aromatic rings. The Hall–Kier alpha value is -3.50. The fourth-order valence-electron chi connectivity index (χ4n) is 3.37. The first-order valence-corrected chi connectivity index (χ1v) is 12.2. The molecule has 0 unspecified atom stereocenters. The standard InChI is InChI=1S/C25H20ClF3N4O2S/c1-2-35-19-12-10-18(11-13-19)33-23(20-8-3-4-9-21(20)26)31-32-24(33)36-15-22(34)30-17-7-5-6-16(14-17)25(27,28)29/h3-14H,2,15H2,1H3,(H,30,34). The van der Waals surface area contributed by atoms with Gasteiger partial charge in [-0.1, -0.05) is 41.6 Å². The molecule has 11 heteroatoms. The van der Waals surface area contributed by atoms with Gasteiger partial charge in [-0.15, -0.1) is 10.2 Å². The van der Waals surface area contributed by atoms with E-state index in [0.717, 1.165) is 29.6 Å².